The van der Waals surface area contributed by atoms with E-state index in [1.54, 1.807) is 26.0 Å². The number of hydrogen-bond acceptors (Lipinski definition) is 4. The molecule has 1 aliphatic rings. The van der Waals surface area contributed by atoms with Gasteiger partial charge in [0.1, 0.15) is 17.0 Å². The van der Waals surface area contributed by atoms with Crippen LogP contribution in [0.3, 0.4) is 0 Å². The van der Waals surface area contributed by atoms with Crippen molar-refractivity contribution >= 4 is 17.5 Å². The van der Waals surface area contributed by atoms with Crippen molar-refractivity contribution in [1.29, 1.82) is 0 Å². The quantitative estimate of drug-likeness (QED) is 0.880. The van der Waals surface area contributed by atoms with Crippen molar-refractivity contribution < 1.29 is 14.4 Å². The second kappa shape index (κ2) is 5.98. The fourth-order valence-corrected chi connectivity index (χ4v) is 2.90. The highest BCUT2D eigenvalue weighted by molar-refractivity contribution is 6.33. The molecule has 122 valence electrons. The Morgan fingerprint density at radius 3 is 2.83 bits per heavy atom. The predicted octanol–water partition coefficient (Wildman–Crippen LogP) is 3.19. The van der Waals surface area contributed by atoms with Crippen LogP contribution >= 0.6 is 11.6 Å². The van der Waals surface area contributed by atoms with Gasteiger partial charge in [-0.25, -0.2) is 0 Å². The maximum absolute atomic E-state index is 12.6. The number of hydrogen-bond donors (Lipinski definition) is 2. The lowest BCUT2D eigenvalue weighted by molar-refractivity contribution is 0.0354. The van der Waals surface area contributed by atoms with E-state index in [-0.39, 0.29) is 18.4 Å². The summed E-state index contributed by atoms with van der Waals surface area (Å²) in [7, 11) is 0. The van der Waals surface area contributed by atoms with Crippen molar-refractivity contribution in [1.82, 2.24) is 10.5 Å². The topological polar surface area (TPSA) is 75.4 Å². The van der Waals surface area contributed by atoms with E-state index in [1.165, 1.54) is 0 Å². The van der Waals surface area contributed by atoms with Gasteiger partial charge in [-0.05, 0) is 38.7 Å². The third-order valence-corrected chi connectivity index (χ3v) is 4.61. The van der Waals surface area contributed by atoms with Crippen LogP contribution in [0, 0.1) is 12.8 Å². The molecule has 0 saturated heterocycles. The number of carbonyl (C=O) groups excluding carboxylic acids is 1. The highest BCUT2D eigenvalue weighted by atomic mass is 35.5. The number of benzene rings is 1. The molecule has 1 aliphatic carbocycles. The Kier molecular flexibility index (Phi) is 4.17. The Morgan fingerprint density at radius 1 is 1.48 bits per heavy atom. The number of aromatic nitrogens is 1. The zero-order chi connectivity index (χ0) is 16.6. The van der Waals surface area contributed by atoms with Crippen molar-refractivity contribution in [3.8, 4) is 11.3 Å². The van der Waals surface area contributed by atoms with E-state index in [2.05, 4.69) is 10.5 Å². The van der Waals surface area contributed by atoms with Crippen molar-refractivity contribution in [2.45, 2.75) is 32.3 Å². The van der Waals surface area contributed by atoms with E-state index in [1.807, 2.05) is 12.1 Å². The summed E-state index contributed by atoms with van der Waals surface area (Å²) in [5, 5.41) is 17.6. The number of aryl methyl sites for hydroxylation is 1. The van der Waals surface area contributed by atoms with Gasteiger partial charge < -0.3 is 14.9 Å². The minimum absolute atomic E-state index is 0.198. The fourth-order valence-electron chi connectivity index (χ4n) is 2.67. The summed E-state index contributed by atoms with van der Waals surface area (Å²) in [5.74, 6) is 0.359. The molecule has 6 heteroatoms. The van der Waals surface area contributed by atoms with Crippen LogP contribution in [0.2, 0.25) is 5.02 Å². The van der Waals surface area contributed by atoms with Crippen LogP contribution in [-0.2, 0) is 0 Å². The van der Waals surface area contributed by atoms with Crippen molar-refractivity contribution in [3.05, 3.63) is 40.6 Å². The summed E-state index contributed by atoms with van der Waals surface area (Å²) in [6.45, 7) is 3.63. The van der Waals surface area contributed by atoms with Gasteiger partial charge in [-0.2, -0.15) is 0 Å². The molecular weight excluding hydrogens is 316 g/mol. The lowest BCUT2D eigenvalue weighted by atomic mass is 10.00. The summed E-state index contributed by atoms with van der Waals surface area (Å²) in [5.41, 5.74) is 0.525. The average molecular weight is 335 g/mol. The second-order valence-corrected chi connectivity index (χ2v) is 6.66. The van der Waals surface area contributed by atoms with Crippen LogP contribution in [0.5, 0.6) is 0 Å². The number of aliphatic hydroxyl groups is 1. The molecule has 1 aromatic carbocycles. The molecule has 1 fully saturated rings. The van der Waals surface area contributed by atoms with Crippen molar-refractivity contribution in [2.75, 3.05) is 6.54 Å². The van der Waals surface area contributed by atoms with E-state index < -0.39 is 5.60 Å². The summed E-state index contributed by atoms with van der Waals surface area (Å²) in [4.78, 5) is 12.6. The first-order valence-corrected chi connectivity index (χ1v) is 7.99. The van der Waals surface area contributed by atoms with Crippen molar-refractivity contribution in [2.24, 2.45) is 5.92 Å². The largest absolute Gasteiger partial charge is 0.388 e. The third kappa shape index (κ3) is 3.26. The van der Waals surface area contributed by atoms with Gasteiger partial charge in [-0.15, -0.1) is 0 Å². The third-order valence-electron chi connectivity index (χ3n) is 4.28. The summed E-state index contributed by atoms with van der Waals surface area (Å²) < 4.78 is 5.19. The first-order valence-electron chi connectivity index (χ1n) is 7.62. The molecule has 0 radical (unpaired) electrons. The van der Waals surface area contributed by atoms with Gasteiger partial charge in [0, 0.05) is 12.1 Å². The highest BCUT2D eigenvalue weighted by Gasteiger charge is 2.40. The molecule has 1 saturated carbocycles. The normalized spacial score (nSPS) is 16.9. The lowest BCUT2D eigenvalue weighted by Crippen LogP contribution is -2.42. The molecular formula is C17H19ClN2O3. The molecule has 1 amide bonds. The molecule has 2 N–H and O–H groups in total. The highest BCUT2D eigenvalue weighted by Crippen LogP contribution is 2.39. The van der Waals surface area contributed by atoms with Gasteiger partial charge in [-0.3, -0.25) is 4.79 Å². The molecule has 0 bridgehead atoms. The molecule has 1 unspecified atom stereocenters. The first kappa shape index (κ1) is 16.0. The molecule has 0 spiro atoms. The molecule has 3 rings (SSSR count). The van der Waals surface area contributed by atoms with Crippen LogP contribution in [0.25, 0.3) is 11.3 Å². The number of rotatable bonds is 5. The zero-order valence-corrected chi connectivity index (χ0v) is 13.9. The summed E-state index contributed by atoms with van der Waals surface area (Å²) in [6, 6.07) is 7.16. The minimum atomic E-state index is -0.884. The van der Waals surface area contributed by atoms with Gasteiger partial charge in [0.25, 0.3) is 5.91 Å². The zero-order valence-electron chi connectivity index (χ0n) is 13.1. The van der Waals surface area contributed by atoms with E-state index in [4.69, 9.17) is 16.1 Å². The monoisotopic (exact) mass is 334 g/mol. The fraction of sp³-hybridized carbons (Fsp3) is 0.412. The number of nitrogens with zero attached hydrogens (tertiary/aromatic N) is 1. The maximum Gasteiger partial charge on any atom is 0.257 e. The van der Waals surface area contributed by atoms with E-state index in [0.29, 0.717) is 27.6 Å². The standard InChI is InChI=1S/C17H19ClN2O3/c1-10-14(16(21)19-9-17(2,22)11-7-8-11)15(20-23-10)12-5-3-4-6-13(12)18/h3-6,11,22H,7-9H2,1-2H3,(H,19,21). The van der Waals surface area contributed by atoms with Gasteiger partial charge in [0.15, 0.2) is 0 Å². The number of nitrogens with one attached hydrogen (secondary N) is 1. The lowest BCUT2D eigenvalue weighted by Gasteiger charge is -2.23. The van der Waals surface area contributed by atoms with E-state index >= 15 is 0 Å². The van der Waals surface area contributed by atoms with Crippen molar-refractivity contribution in [3.63, 3.8) is 0 Å². The van der Waals surface area contributed by atoms with Gasteiger partial charge in [-0.1, -0.05) is 35.0 Å². The van der Waals surface area contributed by atoms with E-state index in [9.17, 15) is 9.90 Å². The SMILES string of the molecule is Cc1onc(-c2ccccc2Cl)c1C(=O)NCC(C)(O)C1CC1. The minimum Gasteiger partial charge on any atom is -0.388 e. The number of carbonyl (C=O) groups is 1. The van der Waals surface area contributed by atoms with Gasteiger partial charge >= 0.3 is 0 Å². The van der Waals surface area contributed by atoms with Gasteiger partial charge in [0.05, 0.1) is 10.6 Å². The molecule has 2 aromatic rings. The van der Waals surface area contributed by atoms with Crippen LogP contribution in [-0.4, -0.2) is 28.3 Å². The predicted molar refractivity (Wildman–Crippen MR) is 87.4 cm³/mol. The number of amides is 1. The van der Waals surface area contributed by atoms with Crippen LogP contribution in [0.15, 0.2) is 28.8 Å². The second-order valence-electron chi connectivity index (χ2n) is 6.26. The Balaban J connectivity index is 1.84. The summed E-state index contributed by atoms with van der Waals surface area (Å²) in [6.07, 6.45) is 2.00. The Morgan fingerprint density at radius 2 is 2.17 bits per heavy atom. The molecule has 1 atom stereocenters. The van der Waals surface area contributed by atoms with E-state index in [0.717, 1.165) is 12.8 Å². The van der Waals surface area contributed by atoms with Crippen LogP contribution in [0.4, 0.5) is 0 Å². The first-order chi connectivity index (χ1) is 10.9. The Labute approximate surface area is 139 Å². The Hall–Kier alpha value is -1.85. The maximum atomic E-state index is 12.6. The average Bonchev–Trinajstić information content (AvgIpc) is 3.30. The Bertz CT molecular complexity index is 735. The smallest absolute Gasteiger partial charge is 0.257 e. The van der Waals surface area contributed by atoms with Crippen LogP contribution in [0.1, 0.15) is 35.9 Å². The molecule has 0 aliphatic heterocycles. The molecule has 5 nitrogen and oxygen atoms in total. The van der Waals surface area contributed by atoms with Crippen LogP contribution < -0.4 is 5.32 Å². The molecule has 1 heterocycles. The number of halogens is 1. The summed E-state index contributed by atoms with van der Waals surface area (Å²) >= 11 is 6.19. The van der Waals surface area contributed by atoms with Gasteiger partial charge in [0.2, 0.25) is 0 Å². The molecule has 23 heavy (non-hydrogen) atoms. The molecule has 1 aromatic heterocycles.